The Bertz CT molecular complexity index is 515. The van der Waals surface area contributed by atoms with E-state index in [9.17, 15) is 9.90 Å². The van der Waals surface area contributed by atoms with Gasteiger partial charge in [0, 0.05) is 32.3 Å². The van der Waals surface area contributed by atoms with Crippen molar-refractivity contribution in [3.05, 3.63) is 35.9 Å². The van der Waals surface area contributed by atoms with Crippen molar-refractivity contribution in [1.29, 1.82) is 0 Å². The number of hydrogen-bond donors (Lipinski definition) is 1. The number of amides is 1. The SMILES string of the molecule is O=C(OCc1ccccc1)N1CCC(N2CCCC(CO)C2)CC1. The summed E-state index contributed by atoms with van der Waals surface area (Å²) in [5, 5.41) is 9.38. The first-order valence-corrected chi connectivity index (χ1v) is 9.07. The van der Waals surface area contributed by atoms with E-state index < -0.39 is 0 Å². The fourth-order valence-corrected chi connectivity index (χ4v) is 3.80. The van der Waals surface area contributed by atoms with Crippen LogP contribution in [0.1, 0.15) is 31.2 Å². The van der Waals surface area contributed by atoms with Crippen molar-refractivity contribution in [3.63, 3.8) is 0 Å². The van der Waals surface area contributed by atoms with Crippen molar-refractivity contribution in [2.75, 3.05) is 32.8 Å². The zero-order chi connectivity index (χ0) is 16.8. The third-order valence-electron chi connectivity index (χ3n) is 5.25. The largest absolute Gasteiger partial charge is 0.445 e. The first-order valence-electron chi connectivity index (χ1n) is 9.07. The van der Waals surface area contributed by atoms with Gasteiger partial charge in [0.1, 0.15) is 6.61 Å². The summed E-state index contributed by atoms with van der Waals surface area (Å²) in [6, 6.07) is 10.3. The molecule has 2 aliphatic heterocycles. The highest BCUT2D eigenvalue weighted by Gasteiger charge is 2.30. The molecule has 1 N–H and O–H groups in total. The van der Waals surface area contributed by atoms with Crippen LogP contribution in [0.5, 0.6) is 0 Å². The van der Waals surface area contributed by atoms with Gasteiger partial charge in [-0.05, 0) is 43.7 Å². The van der Waals surface area contributed by atoms with Crippen LogP contribution in [0.4, 0.5) is 4.79 Å². The van der Waals surface area contributed by atoms with E-state index in [1.165, 1.54) is 6.42 Å². The molecule has 132 valence electrons. The molecule has 1 unspecified atom stereocenters. The lowest BCUT2D eigenvalue weighted by atomic mass is 9.94. The average molecular weight is 332 g/mol. The second kappa shape index (κ2) is 8.49. The number of hydrogen-bond acceptors (Lipinski definition) is 4. The molecule has 0 bridgehead atoms. The minimum absolute atomic E-state index is 0.204. The van der Waals surface area contributed by atoms with Crippen LogP contribution in [-0.4, -0.2) is 59.8 Å². The first-order chi connectivity index (χ1) is 11.8. The molecule has 0 aliphatic carbocycles. The summed E-state index contributed by atoms with van der Waals surface area (Å²) in [7, 11) is 0. The fourth-order valence-electron chi connectivity index (χ4n) is 3.80. The predicted octanol–water partition coefficient (Wildman–Crippen LogP) is 2.49. The number of carbonyl (C=O) groups is 1. The smallest absolute Gasteiger partial charge is 0.410 e. The number of ether oxygens (including phenoxy) is 1. The summed E-state index contributed by atoms with van der Waals surface area (Å²) in [6.07, 6.45) is 4.10. The fraction of sp³-hybridized carbons (Fsp3) is 0.632. The van der Waals surface area contributed by atoms with Gasteiger partial charge >= 0.3 is 6.09 Å². The van der Waals surface area contributed by atoms with E-state index in [0.717, 1.165) is 51.0 Å². The molecule has 2 aliphatic rings. The number of aliphatic hydroxyl groups is 1. The Labute approximate surface area is 144 Å². The van der Waals surface area contributed by atoms with E-state index in [1.807, 2.05) is 35.2 Å². The highest BCUT2D eigenvalue weighted by atomic mass is 16.6. The maximum Gasteiger partial charge on any atom is 0.410 e. The van der Waals surface area contributed by atoms with E-state index in [1.54, 1.807) is 0 Å². The van der Waals surface area contributed by atoms with Gasteiger partial charge < -0.3 is 14.7 Å². The summed E-state index contributed by atoms with van der Waals surface area (Å²) >= 11 is 0. The molecule has 3 rings (SSSR count). The van der Waals surface area contributed by atoms with Crippen molar-refractivity contribution in [1.82, 2.24) is 9.80 Å². The van der Waals surface area contributed by atoms with E-state index in [2.05, 4.69) is 4.90 Å². The van der Waals surface area contributed by atoms with Gasteiger partial charge in [-0.15, -0.1) is 0 Å². The topological polar surface area (TPSA) is 53.0 Å². The van der Waals surface area contributed by atoms with Crippen LogP contribution in [0.25, 0.3) is 0 Å². The second-order valence-electron chi connectivity index (χ2n) is 6.94. The lowest BCUT2D eigenvalue weighted by Gasteiger charge is -2.41. The highest BCUT2D eigenvalue weighted by molar-refractivity contribution is 5.67. The lowest BCUT2D eigenvalue weighted by molar-refractivity contribution is 0.0442. The number of carbonyl (C=O) groups excluding carboxylic acids is 1. The maximum atomic E-state index is 12.2. The van der Waals surface area contributed by atoms with Crippen molar-refractivity contribution in [2.24, 2.45) is 5.92 Å². The third-order valence-corrected chi connectivity index (χ3v) is 5.25. The van der Waals surface area contributed by atoms with Crippen molar-refractivity contribution >= 4 is 6.09 Å². The number of piperidine rings is 2. The molecule has 2 fully saturated rings. The van der Waals surface area contributed by atoms with Gasteiger partial charge in [-0.1, -0.05) is 30.3 Å². The Morgan fingerprint density at radius 1 is 1.12 bits per heavy atom. The van der Waals surface area contributed by atoms with Gasteiger partial charge in [0.2, 0.25) is 0 Å². The van der Waals surface area contributed by atoms with Crippen molar-refractivity contribution < 1.29 is 14.6 Å². The molecule has 1 aromatic carbocycles. The number of likely N-dealkylation sites (tertiary alicyclic amines) is 2. The van der Waals surface area contributed by atoms with Crippen LogP contribution in [-0.2, 0) is 11.3 Å². The van der Waals surface area contributed by atoms with Crippen LogP contribution in [0.15, 0.2) is 30.3 Å². The van der Waals surface area contributed by atoms with E-state index in [0.29, 0.717) is 25.2 Å². The number of rotatable bonds is 4. The Hall–Kier alpha value is -1.59. The first kappa shape index (κ1) is 17.2. The standard InChI is InChI=1S/C19H28N2O3/c22-14-17-7-4-10-21(13-17)18-8-11-20(12-9-18)19(23)24-15-16-5-2-1-3-6-16/h1-3,5-6,17-18,22H,4,7-15H2. The zero-order valence-corrected chi connectivity index (χ0v) is 14.3. The average Bonchev–Trinajstić information content (AvgIpc) is 2.67. The molecule has 1 atom stereocenters. The monoisotopic (exact) mass is 332 g/mol. The van der Waals surface area contributed by atoms with Gasteiger partial charge in [0.05, 0.1) is 0 Å². The van der Waals surface area contributed by atoms with Crippen molar-refractivity contribution in [3.8, 4) is 0 Å². The Morgan fingerprint density at radius 2 is 1.88 bits per heavy atom. The second-order valence-corrected chi connectivity index (χ2v) is 6.94. The minimum atomic E-state index is -0.204. The van der Waals surface area contributed by atoms with E-state index in [4.69, 9.17) is 4.74 Å². The summed E-state index contributed by atoms with van der Waals surface area (Å²) < 4.78 is 5.42. The van der Waals surface area contributed by atoms with Crippen LogP contribution >= 0.6 is 0 Å². The Balaban J connectivity index is 1.42. The Kier molecular flexibility index (Phi) is 6.10. The van der Waals surface area contributed by atoms with Gasteiger partial charge in [-0.25, -0.2) is 4.79 Å². The predicted molar refractivity (Wildman–Crippen MR) is 92.6 cm³/mol. The molecule has 0 radical (unpaired) electrons. The highest BCUT2D eigenvalue weighted by Crippen LogP contribution is 2.24. The molecule has 2 saturated heterocycles. The van der Waals surface area contributed by atoms with Crippen LogP contribution in [0, 0.1) is 5.92 Å². The van der Waals surface area contributed by atoms with E-state index >= 15 is 0 Å². The molecule has 0 spiro atoms. The molecular formula is C19H28N2O3. The molecule has 5 heteroatoms. The third kappa shape index (κ3) is 4.48. The van der Waals surface area contributed by atoms with Gasteiger partial charge in [-0.2, -0.15) is 0 Å². The van der Waals surface area contributed by atoms with Gasteiger partial charge in [0.25, 0.3) is 0 Å². The molecule has 2 heterocycles. The van der Waals surface area contributed by atoms with Gasteiger partial charge in [0.15, 0.2) is 0 Å². The summed E-state index contributed by atoms with van der Waals surface area (Å²) in [5.41, 5.74) is 1.02. The minimum Gasteiger partial charge on any atom is -0.445 e. The molecule has 1 amide bonds. The lowest BCUT2D eigenvalue weighted by Crippen LogP contribution is -2.50. The van der Waals surface area contributed by atoms with Gasteiger partial charge in [-0.3, -0.25) is 4.90 Å². The molecule has 5 nitrogen and oxygen atoms in total. The quantitative estimate of drug-likeness (QED) is 0.920. The van der Waals surface area contributed by atoms with Crippen LogP contribution < -0.4 is 0 Å². The normalized spacial score (nSPS) is 23.2. The Morgan fingerprint density at radius 3 is 2.58 bits per heavy atom. The summed E-state index contributed by atoms with van der Waals surface area (Å²) in [4.78, 5) is 16.5. The summed E-state index contributed by atoms with van der Waals surface area (Å²) in [6.45, 7) is 4.28. The van der Waals surface area contributed by atoms with E-state index in [-0.39, 0.29) is 6.09 Å². The number of aliphatic hydroxyl groups excluding tert-OH is 1. The summed E-state index contributed by atoms with van der Waals surface area (Å²) in [5.74, 6) is 0.424. The van der Waals surface area contributed by atoms with Crippen LogP contribution in [0.3, 0.4) is 0 Å². The molecule has 0 aromatic heterocycles. The molecule has 24 heavy (non-hydrogen) atoms. The zero-order valence-electron chi connectivity index (χ0n) is 14.3. The number of benzene rings is 1. The molecule has 1 aromatic rings. The van der Waals surface area contributed by atoms with Crippen molar-refractivity contribution in [2.45, 2.75) is 38.3 Å². The maximum absolute atomic E-state index is 12.2. The molecule has 0 saturated carbocycles. The number of nitrogens with zero attached hydrogens (tertiary/aromatic N) is 2. The molecular weight excluding hydrogens is 304 g/mol. The van der Waals surface area contributed by atoms with Crippen LogP contribution in [0.2, 0.25) is 0 Å².